The van der Waals surface area contributed by atoms with E-state index in [0.29, 0.717) is 16.3 Å². The van der Waals surface area contributed by atoms with Gasteiger partial charge in [0.25, 0.3) is 0 Å². The first kappa shape index (κ1) is 15.0. The molecule has 0 aliphatic heterocycles. The Morgan fingerprint density at radius 3 is 2.81 bits per heavy atom. The van der Waals surface area contributed by atoms with E-state index >= 15 is 0 Å². The Hall–Kier alpha value is -2.40. The van der Waals surface area contributed by atoms with Crippen LogP contribution in [0.3, 0.4) is 0 Å². The first-order valence-corrected chi connectivity index (χ1v) is 6.58. The Balaban J connectivity index is 2.16. The molecule has 6 heteroatoms. The van der Waals surface area contributed by atoms with E-state index < -0.39 is 5.97 Å². The molecule has 0 unspecified atom stereocenters. The number of carbonyl (C=O) groups excluding carboxylic acids is 1. The summed E-state index contributed by atoms with van der Waals surface area (Å²) in [6, 6.07) is 8.34. The second-order valence-electron chi connectivity index (χ2n) is 4.50. The number of amides is 1. The molecule has 108 valence electrons. The van der Waals surface area contributed by atoms with E-state index in [2.05, 4.69) is 10.3 Å². The lowest BCUT2D eigenvalue weighted by Gasteiger charge is -2.09. The molecule has 0 aliphatic rings. The fourth-order valence-electron chi connectivity index (χ4n) is 1.87. The molecule has 5 nitrogen and oxygen atoms in total. The number of pyridine rings is 1. The van der Waals surface area contributed by atoms with Gasteiger partial charge in [-0.15, -0.1) is 0 Å². The number of nitrogens with one attached hydrogen (secondary N) is 1. The molecule has 0 saturated carbocycles. The smallest absolute Gasteiger partial charge is 0.354 e. The number of nitrogens with zero attached hydrogens (tertiary/aromatic N) is 1. The number of carbonyl (C=O) groups is 2. The average Bonchev–Trinajstić information content (AvgIpc) is 2.43. The van der Waals surface area contributed by atoms with E-state index in [1.54, 1.807) is 30.3 Å². The number of anilines is 1. The van der Waals surface area contributed by atoms with Crippen molar-refractivity contribution in [1.29, 1.82) is 0 Å². The first-order valence-electron chi connectivity index (χ1n) is 6.20. The molecule has 0 radical (unpaired) electrons. The van der Waals surface area contributed by atoms with E-state index in [9.17, 15) is 9.59 Å². The SMILES string of the molecule is Cc1ccc(Cl)cc1NC(=O)Cc1cccnc1C(=O)O. The molecule has 21 heavy (non-hydrogen) atoms. The van der Waals surface area contributed by atoms with Gasteiger partial charge in [0.1, 0.15) is 0 Å². The molecule has 0 bridgehead atoms. The minimum absolute atomic E-state index is 0.0680. The zero-order chi connectivity index (χ0) is 15.4. The number of halogens is 1. The zero-order valence-electron chi connectivity index (χ0n) is 11.3. The van der Waals surface area contributed by atoms with Gasteiger partial charge in [0, 0.05) is 16.9 Å². The van der Waals surface area contributed by atoms with E-state index in [1.165, 1.54) is 6.20 Å². The molecular formula is C15H13ClN2O3. The van der Waals surface area contributed by atoms with Crippen molar-refractivity contribution in [3.63, 3.8) is 0 Å². The number of hydrogen-bond acceptors (Lipinski definition) is 3. The fraction of sp³-hybridized carbons (Fsp3) is 0.133. The Bertz CT molecular complexity index is 701. The normalized spacial score (nSPS) is 10.2. The number of carboxylic acid groups (broad SMARTS) is 1. The maximum absolute atomic E-state index is 12.0. The van der Waals surface area contributed by atoms with Crippen LogP contribution in [-0.4, -0.2) is 22.0 Å². The highest BCUT2D eigenvalue weighted by molar-refractivity contribution is 6.31. The van der Waals surface area contributed by atoms with Gasteiger partial charge in [0.15, 0.2) is 5.69 Å². The Labute approximate surface area is 126 Å². The molecule has 1 aromatic heterocycles. The van der Waals surface area contributed by atoms with Crippen molar-refractivity contribution in [2.24, 2.45) is 0 Å². The molecule has 0 fully saturated rings. The highest BCUT2D eigenvalue weighted by Crippen LogP contribution is 2.20. The standard InChI is InChI=1S/C15H13ClN2O3/c1-9-4-5-11(16)8-12(9)18-13(19)7-10-3-2-6-17-14(10)15(20)21/h2-6,8H,7H2,1H3,(H,18,19)(H,20,21). The van der Waals surface area contributed by atoms with Gasteiger partial charge in [-0.3, -0.25) is 4.79 Å². The van der Waals surface area contributed by atoms with Gasteiger partial charge in [-0.05, 0) is 36.2 Å². The van der Waals surface area contributed by atoms with Gasteiger partial charge in [-0.2, -0.15) is 0 Å². The van der Waals surface area contributed by atoms with Gasteiger partial charge in [-0.1, -0.05) is 23.7 Å². The number of rotatable bonds is 4. The maximum atomic E-state index is 12.0. The van der Waals surface area contributed by atoms with Crippen molar-refractivity contribution in [3.05, 3.63) is 58.4 Å². The van der Waals surface area contributed by atoms with Crippen LogP contribution >= 0.6 is 11.6 Å². The quantitative estimate of drug-likeness (QED) is 0.910. The molecule has 0 spiro atoms. The third-order valence-corrected chi connectivity index (χ3v) is 3.15. The van der Waals surface area contributed by atoms with Gasteiger partial charge in [-0.25, -0.2) is 9.78 Å². The summed E-state index contributed by atoms with van der Waals surface area (Å²) in [5.74, 6) is -1.48. The Kier molecular flexibility index (Phi) is 4.55. The van der Waals surface area contributed by atoms with Crippen LogP contribution in [0.4, 0.5) is 5.69 Å². The second kappa shape index (κ2) is 6.37. The molecular weight excluding hydrogens is 292 g/mol. The lowest BCUT2D eigenvalue weighted by atomic mass is 10.1. The predicted molar refractivity (Wildman–Crippen MR) is 79.7 cm³/mol. The zero-order valence-corrected chi connectivity index (χ0v) is 12.0. The summed E-state index contributed by atoms with van der Waals surface area (Å²) in [7, 11) is 0. The minimum atomic E-state index is -1.16. The van der Waals surface area contributed by atoms with Crippen LogP contribution in [0.1, 0.15) is 21.6 Å². The number of aromatic nitrogens is 1. The van der Waals surface area contributed by atoms with Gasteiger partial charge >= 0.3 is 5.97 Å². The van der Waals surface area contributed by atoms with Gasteiger partial charge in [0.2, 0.25) is 5.91 Å². The third kappa shape index (κ3) is 3.79. The summed E-state index contributed by atoms with van der Waals surface area (Å²) in [6.07, 6.45) is 1.31. The molecule has 1 heterocycles. The van der Waals surface area contributed by atoms with Crippen LogP contribution in [0.2, 0.25) is 5.02 Å². The molecule has 0 saturated heterocycles. The van der Waals surface area contributed by atoms with Crippen LogP contribution in [0.15, 0.2) is 36.5 Å². The highest BCUT2D eigenvalue weighted by atomic mass is 35.5. The van der Waals surface area contributed by atoms with Crippen LogP contribution in [-0.2, 0) is 11.2 Å². The van der Waals surface area contributed by atoms with Crippen LogP contribution < -0.4 is 5.32 Å². The molecule has 0 atom stereocenters. The van der Waals surface area contributed by atoms with Gasteiger partial charge in [0.05, 0.1) is 6.42 Å². The van der Waals surface area contributed by atoms with Gasteiger partial charge < -0.3 is 10.4 Å². The second-order valence-corrected chi connectivity index (χ2v) is 4.94. The summed E-state index contributed by atoms with van der Waals surface area (Å²) in [4.78, 5) is 26.9. The number of hydrogen-bond donors (Lipinski definition) is 2. The van der Waals surface area contributed by atoms with E-state index in [1.807, 2.05) is 6.92 Å². The summed E-state index contributed by atoms with van der Waals surface area (Å²) in [6.45, 7) is 1.85. The predicted octanol–water partition coefficient (Wildman–Crippen LogP) is 2.92. The maximum Gasteiger partial charge on any atom is 0.354 e. The molecule has 1 aromatic carbocycles. The molecule has 2 rings (SSSR count). The first-order chi connectivity index (χ1) is 9.97. The minimum Gasteiger partial charge on any atom is -0.477 e. The Morgan fingerprint density at radius 1 is 1.33 bits per heavy atom. The van der Waals surface area contributed by atoms with E-state index in [-0.39, 0.29) is 18.0 Å². The van der Waals surface area contributed by atoms with Crippen molar-refractivity contribution in [2.75, 3.05) is 5.32 Å². The third-order valence-electron chi connectivity index (χ3n) is 2.92. The molecule has 0 aliphatic carbocycles. The van der Waals surface area contributed by atoms with E-state index in [0.717, 1.165) is 5.56 Å². The summed E-state index contributed by atoms with van der Waals surface area (Å²) in [5.41, 5.74) is 1.73. The molecule has 2 N–H and O–H groups in total. The summed E-state index contributed by atoms with van der Waals surface area (Å²) in [5, 5.41) is 12.3. The number of carboxylic acids is 1. The molecule has 1 amide bonds. The summed E-state index contributed by atoms with van der Waals surface area (Å²) < 4.78 is 0. The van der Waals surface area contributed by atoms with Crippen molar-refractivity contribution in [3.8, 4) is 0 Å². The number of aryl methyl sites for hydroxylation is 1. The van der Waals surface area contributed by atoms with Crippen LogP contribution in [0.5, 0.6) is 0 Å². The van der Waals surface area contributed by atoms with E-state index in [4.69, 9.17) is 16.7 Å². The lowest BCUT2D eigenvalue weighted by molar-refractivity contribution is -0.115. The number of benzene rings is 1. The fourth-order valence-corrected chi connectivity index (χ4v) is 2.04. The van der Waals surface area contributed by atoms with Crippen LogP contribution in [0.25, 0.3) is 0 Å². The highest BCUT2D eigenvalue weighted by Gasteiger charge is 2.14. The largest absolute Gasteiger partial charge is 0.477 e. The number of aromatic carboxylic acids is 1. The Morgan fingerprint density at radius 2 is 2.10 bits per heavy atom. The van der Waals surface area contributed by atoms with Crippen LogP contribution in [0, 0.1) is 6.92 Å². The van der Waals surface area contributed by atoms with Crippen molar-refractivity contribution in [2.45, 2.75) is 13.3 Å². The van der Waals surface area contributed by atoms with Crippen molar-refractivity contribution >= 4 is 29.2 Å². The average molecular weight is 305 g/mol. The van der Waals surface area contributed by atoms with Crippen molar-refractivity contribution < 1.29 is 14.7 Å². The molecule has 2 aromatic rings. The summed E-state index contributed by atoms with van der Waals surface area (Å²) >= 11 is 5.89. The monoisotopic (exact) mass is 304 g/mol. The lowest BCUT2D eigenvalue weighted by Crippen LogP contribution is -2.17. The van der Waals surface area contributed by atoms with Crippen molar-refractivity contribution in [1.82, 2.24) is 4.98 Å². The topological polar surface area (TPSA) is 79.3 Å².